The Morgan fingerprint density at radius 1 is 0.926 bits per heavy atom. The van der Waals surface area contributed by atoms with Gasteiger partial charge in [0.15, 0.2) is 0 Å². The van der Waals surface area contributed by atoms with E-state index in [1.54, 1.807) is 0 Å². The van der Waals surface area contributed by atoms with Crippen molar-refractivity contribution in [1.82, 2.24) is 14.3 Å². The second-order valence-electron chi connectivity index (χ2n) is 6.70. The number of rotatable bonds is 2. The summed E-state index contributed by atoms with van der Waals surface area (Å²) in [6.45, 7) is 1.62. The minimum atomic E-state index is 0.112. The van der Waals surface area contributed by atoms with Crippen LogP contribution in [0.5, 0.6) is 0 Å². The van der Waals surface area contributed by atoms with Crippen molar-refractivity contribution in [2.24, 2.45) is 0 Å². The summed E-state index contributed by atoms with van der Waals surface area (Å²) < 4.78 is 2.06. The molecule has 0 unspecified atom stereocenters. The van der Waals surface area contributed by atoms with Crippen LogP contribution in [0.25, 0.3) is 27.7 Å². The zero-order valence-corrected chi connectivity index (χ0v) is 15.7. The molecule has 4 nitrogen and oxygen atoms in total. The minimum Gasteiger partial charge on any atom is -0.337 e. The normalized spacial score (nSPS) is 14.7. The molecule has 0 bridgehead atoms. The number of benzene rings is 2. The van der Waals surface area contributed by atoms with Crippen LogP contribution in [-0.2, 0) is 0 Å². The summed E-state index contributed by atoms with van der Waals surface area (Å²) >= 11 is 1.91. The van der Waals surface area contributed by atoms with E-state index in [0.717, 1.165) is 57.8 Å². The summed E-state index contributed by atoms with van der Waals surface area (Å²) in [6, 6.07) is 18.2. The van der Waals surface area contributed by atoms with E-state index in [2.05, 4.69) is 15.5 Å². The van der Waals surface area contributed by atoms with Gasteiger partial charge in [-0.15, -0.1) is 0 Å². The molecule has 0 radical (unpaired) electrons. The molecule has 5 rings (SSSR count). The van der Waals surface area contributed by atoms with Gasteiger partial charge in [0.25, 0.3) is 5.91 Å². The molecule has 5 heteroatoms. The number of hydrogen-bond donors (Lipinski definition) is 0. The molecule has 3 heterocycles. The predicted octanol–water partition coefficient (Wildman–Crippen LogP) is 4.34. The molecular weight excluding hydrogens is 354 g/mol. The Kier molecular flexibility index (Phi) is 4.09. The average Bonchev–Trinajstić information content (AvgIpc) is 3.18. The van der Waals surface area contributed by atoms with Crippen molar-refractivity contribution in [3.05, 3.63) is 72.6 Å². The lowest BCUT2D eigenvalue weighted by Gasteiger charge is -2.27. The first kappa shape index (κ1) is 16.4. The van der Waals surface area contributed by atoms with Gasteiger partial charge >= 0.3 is 0 Å². The van der Waals surface area contributed by atoms with Gasteiger partial charge in [0, 0.05) is 41.7 Å². The van der Waals surface area contributed by atoms with Gasteiger partial charge in [-0.25, -0.2) is 4.98 Å². The Morgan fingerprint density at radius 3 is 2.41 bits per heavy atom. The van der Waals surface area contributed by atoms with Crippen molar-refractivity contribution in [2.45, 2.75) is 0 Å². The van der Waals surface area contributed by atoms with Crippen molar-refractivity contribution in [2.75, 3.05) is 24.6 Å². The van der Waals surface area contributed by atoms with Gasteiger partial charge < -0.3 is 4.90 Å². The molecule has 1 amide bonds. The number of nitrogens with zero attached hydrogens (tertiary/aromatic N) is 3. The van der Waals surface area contributed by atoms with Crippen LogP contribution in [0.1, 0.15) is 10.4 Å². The molecule has 0 N–H and O–H groups in total. The van der Waals surface area contributed by atoms with Gasteiger partial charge in [-0.2, -0.15) is 11.8 Å². The minimum absolute atomic E-state index is 0.112. The fourth-order valence-electron chi connectivity index (χ4n) is 3.74. The summed E-state index contributed by atoms with van der Waals surface area (Å²) in [5.41, 5.74) is 2.82. The maximum Gasteiger partial charge on any atom is 0.256 e. The van der Waals surface area contributed by atoms with E-state index < -0.39 is 0 Å². The highest BCUT2D eigenvalue weighted by atomic mass is 32.2. The molecule has 4 aromatic rings. The van der Waals surface area contributed by atoms with E-state index in [-0.39, 0.29) is 5.91 Å². The SMILES string of the molecule is O=C(c1cn2c(-c3ccccc3)ncc2c2ccccc12)N1CCSCC1. The van der Waals surface area contributed by atoms with E-state index in [9.17, 15) is 4.79 Å². The maximum absolute atomic E-state index is 13.3. The zero-order valence-electron chi connectivity index (χ0n) is 14.8. The molecule has 134 valence electrons. The number of carbonyl (C=O) groups is 1. The predicted molar refractivity (Wildman–Crippen MR) is 111 cm³/mol. The summed E-state index contributed by atoms with van der Waals surface area (Å²) in [4.78, 5) is 19.9. The third kappa shape index (κ3) is 2.79. The number of fused-ring (bicyclic) bond motifs is 3. The summed E-state index contributed by atoms with van der Waals surface area (Å²) in [7, 11) is 0. The number of pyridine rings is 1. The standard InChI is InChI=1S/C22H19N3OS/c26-22(24-10-12-27-13-11-24)19-15-25-20(18-9-5-4-8-17(18)19)14-23-21(25)16-6-2-1-3-7-16/h1-9,14-15H,10-13H2. The Labute approximate surface area is 161 Å². The largest absolute Gasteiger partial charge is 0.337 e. The molecule has 1 saturated heterocycles. The van der Waals surface area contributed by atoms with Crippen molar-refractivity contribution in [1.29, 1.82) is 0 Å². The Morgan fingerprint density at radius 2 is 1.63 bits per heavy atom. The van der Waals surface area contributed by atoms with Crippen LogP contribution < -0.4 is 0 Å². The Bertz CT molecular complexity index is 1130. The fraction of sp³-hybridized carbons (Fsp3) is 0.182. The molecule has 1 aliphatic heterocycles. The highest BCUT2D eigenvalue weighted by molar-refractivity contribution is 7.99. The number of amides is 1. The molecule has 1 aliphatic rings. The topological polar surface area (TPSA) is 37.6 Å². The first-order valence-electron chi connectivity index (χ1n) is 9.14. The fourth-order valence-corrected chi connectivity index (χ4v) is 4.64. The molecule has 0 atom stereocenters. The molecule has 27 heavy (non-hydrogen) atoms. The Hall–Kier alpha value is -2.79. The first-order valence-corrected chi connectivity index (χ1v) is 10.3. The summed E-state index contributed by atoms with van der Waals surface area (Å²) in [5, 5.41) is 2.05. The van der Waals surface area contributed by atoms with E-state index in [1.165, 1.54) is 0 Å². The van der Waals surface area contributed by atoms with Crippen LogP contribution in [0, 0.1) is 0 Å². The lowest BCUT2D eigenvalue weighted by atomic mass is 10.0. The quantitative estimate of drug-likeness (QED) is 0.524. The number of aromatic nitrogens is 2. The molecule has 2 aromatic heterocycles. The maximum atomic E-state index is 13.3. The number of carbonyl (C=O) groups excluding carboxylic acids is 1. The van der Waals surface area contributed by atoms with Crippen molar-refractivity contribution in [3.8, 4) is 11.4 Å². The van der Waals surface area contributed by atoms with Crippen LogP contribution >= 0.6 is 11.8 Å². The van der Waals surface area contributed by atoms with Crippen molar-refractivity contribution >= 4 is 34.0 Å². The molecule has 0 saturated carbocycles. The molecule has 1 fully saturated rings. The van der Waals surface area contributed by atoms with Crippen LogP contribution in [0.4, 0.5) is 0 Å². The van der Waals surface area contributed by atoms with E-state index >= 15 is 0 Å². The van der Waals surface area contributed by atoms with Gasteiger partial charge in [0.1, 0.15) is 5.82 Å². The zero-order chi connectivity index (χ0) is 18.2. The second kappa shape index (κ2) is 6.74. The third-order valence-electron chi connectivity index (χ3n) is 5.11. The lowest BCUT2D eigenvalue weighted by molar-refractivity contribution is 0.0774. The summed E-state index contributed by atoms with van der Waals surface area (Å²) in [6.07, 6.45) is 3.87. The number of hydrogen-bond acceptors (Lipinski definition) is 3. The van der Waals surface area contributed by atoms with Gasteiger partial charge in [0.2, 0.25) is 0 Å². The van der Waals surface area contributed by atoms with E-state index in [1.807, 2.05) is 77.6 Å². The van der Waals surface area contributed by atoms with Gasteiger partial charge in [-0.3, -0.25) is 9.20 Å². The number of imidazole rings is 1. The summed E-state index contributed by atoms with van der Waals surface area (Å²) in [5.74, 6) is 2.99. The highest BCUT2D eigenvalue weighted by Crippen LogP contribution is 2.29. The number of thioether (sulfide) groups is 1. The van der Waals surface area contributed by atoms with Gasteiger partial charge in [0.05, 0.1) is 17.3 Å². The lowest BCUT2D eigenvalue weighted by Crippen LogP contribution is -2.38. The van der Waals surface area contributed by atoms with E-state index in [4.69, 9.17) is 0 Å². The van der Waals surface area contributed by atoms with Crippen LogP contribution in [0.15, 0.2) is 67.0 Å². The van der Waals surface area contributed by atoms with Crippen LogP contribution in [-0.4, -0.2) is 44.8 Å². The van der Waals surface area contributed by atoms with Crippen LogP contribution in [0.3, 0.4) is 0 Å². The first-order chi connectivity index (χ1) is 13.3. The van der Waals surface area contributed by atoms with Crippen molar-refractivity contribution < 1.29 is 4.79 Å². The third-order valence-corrected chi connectivity index (χ3v) is 6.05. The van der Waals surface area contributed by atoms with Gasteiger partial charge in [-0.1, -0.05) is 54.6 Å². The van der Waals surface area contributed by atoms with Gasteiger partial charge in [-0.05, 0) is 5.39 Å². The van der Waals surface area contributed by atoms with Crippen LogP contribution in [0.2, 0.25) is 0 Å². The molecular formula is C22H19N3OS. The molecule has 0 spiro atoms. The monoisotopic (exact) mass is 373 g/mol. The van der Waals surface area contributed by atoms with E-state index in [0.29, 0.717) is 0 Å². The molecule has 0 aliphatic carbocycles. The smallest absolute Gasteiger partial charge is 0.256 e. The second-order valence-corrected chi connectivity index (χ2v) is 7.92. The highest BCUT2D eigenvalue weighted by Gasteiger charge is 2.22. The van der Waals surface area contributed by atoms with Crippen molar-refractivity contribution in [3.63, 3.8) is 0 Å². The molecule has 2 aromatic carbocycles. The average molecular weight is 373 g/mol. The Balaban J connectivity index is 1.75.